The van der Waals surface area contributed by atoms with E-state index in [9.17, 15) is 4.79 Å². The molecule has 8 heteroatoms. The van der Waals surface area contributed by atoms with Crippen LogP contribution in [-0.2, 0) is 24.8 Å². The number of pyridine rings is 1. The highest BCUT2D eigenvalue weighted by atomic mass is 16.1. The van der Waals surface area contributed by atoms with E-state index >= 15 is 0 Å². The summed E-state index contributed by atoms with van der Waals surface area (Å²) in [6.45, 7) is 16.1. The third kappa shape index (κ3) is 4.69. The Labute approximate surface area is 217 Å². The van der Waals surface area contributed by atoms with E-state index in [1.165, 1.54) is 16.7 Å². The number of rotatable bonds is 6. The van der Waals surface area contributed by atoms with Crippen molar-refractivity contribution in [3.63, 3.8) is 0 Å². The van der Waals surface area contributed by atoms with Crippen molar-refractivity contribution in [1.29, 1.82) is 0 Å². The maximum Gasteiger partial charge on any atom is 0.278 e. The monoisotopic (exact) mass is 497 g/mol. The van der Waals surface area contributed by atoms with Crippen LogP contribution in [0.15, 0.2) is 54.1 Å². The molecule has 8 nitrogen and oxygen atoms in total. The topological polar surface area (TPSA) is 89.7 Å². The Morgan fingerprint density at radius 2 is 2.03 bits per heavy atom. The van der Waals surface area contributed by atoms with Gasteiger partial charge in [-0.2, -0.15) is 4.98 Å². The third-order valence-corrected chi connectivity index (χ3v) is 6.80. The number of allylic oxidation sites excluding steroid dienone is 1. The highest BCUT2D eigenvalue weighted by Gasteiger charge is 2.22. The lowest BCUT2D eigenvalue weighted by Crippen LogP contribution is -2.25. The van der Waals surface area contributed by atoms with Gasteiger partial charge < -0.3 is 10.6 Å². The average Bonchev–Trinajstić information content (AvgIpc) is 3.15. The maximum absolute atomic E-state index is 13.4. The predicted molar refractivity (Wildman–Crippen MR) is 149 cm³/mol. The molecule has 1 aromatic carbocycles. The second-order valence-corrected chi connectivity index (χ2v) is 11.0. The largest absolute Gasteiger partial charge is 0.324 e. The standard InChI is InChI=1S/C29H35N7O/c1-7-8-19-13-21(14-20-9-11-30-16-23(19)20)33-28-32-17-24-26(34-28)36(35(18(2)3)27(24)37)22-10-12-31-25(15-22)29(4,5)6/h7,10,12-15,17-18,30H,1,8-9,11,16H2,2-6H3,(H,32,33,34). The van der Waals surface area contributed by atoms with Crippen molar-refractivity contribution in [3.8, 4) is 5.69 Å². The van der Waals surface area contributed by atoms with Crippen molar-refractivity contribution in [1.82, 2.24) is 29.6 Å². The maximum atomic E-state index is 13.4. The van der Waals surface area contributed by atoms with Crippen LogP contribution in [0.3, 0.4) is 0 Å². The van der Waals surface area contributed by atoms with Crippen LogP contribution in [0.4, 0.5) is 11.6 Å². The van der Waals surface area contributed by atoms with Crippen LogP contribution in [0.5, 0.6) is 0 Å². The van der Waals surface area contributed by atoms with Crippen LogP contribution in [0, 0.1) is 0 Å². The molecule has 0 aliphatic carbocycles. The number of nitrogens with zero attached hydrogens (tertiary/aromatic N) is 5. The van der Waals surface area contributed by atoms with Gasteiger partial charge in [0.2, 0.25) is 5.95 Å². The van der Waals surface area contributed by atoms with E-state index in [0.29, 0.717) is 17.0 Å². The van der Waals surface area contributed by atoms with Gasteiger partial charge >= 0.3 is 0 Å². The van der Waals surface area contributed by atoms with Crippen molar-refractivity contribution in [2.75, 3.05) is 11.9 Å². The van der Waals surface area contributed by atoms with E-state index in [2.05, 4.69) is 60.1 Å². The van der Waals surface area contributed by atoms with Gasteiger partial charge in [-0.05, 0) is 74.2 Å². The Balaban J connectivity index is 1.63. The van der Waals surface area contributed by atoms with Crippen LogP contribution in [0.1, 0.15) is 63.0 Å². The molecule has 4 aromatic rings. The summed E-state index contributed by atoms with van der Waals surface area (Å²) in [5, 5.41) is 7.35. The fourth-order valence-corrected chi connectivity index (χ4v) is 4.96. The van der Waals surface area contributed by atoms with Gasteiger partial charge in [0.05, 0.1) is 5.69 Å². The quantitative estimate of drug-likeness (QED) is 0.366. The molecule has 0 atom stereocenters. The van der Waals surface area contributed by atoms with Crippen molar-refractivity contribution in [2.24, 2.45) is 0 Å². The Hall–Kier alpha value is -3.78. The molecule has 1 aliphatic heterocycles. The Bertz CT molecular complexity index is 1540. The first-order valence-electron chi connectivity index (χ1n) is 12.9. The Morgan fingerprint density at radius 3 is 2.76 bits per heavy atom. The summed E-state index contributed by atoms with van der Waals surface area (Å²) in [6.07, 6.45) is 7.13. The zero-order chi connectivity index (χ0) is 26.3. The van der Waals surface area contributed by atoms with Gasteiger partial charge in [-0.3, -0.25) is 9.78 Å². The molecular formula is C29H35N7O. The molecular weight excluding hydrogens is 462 g/mol. The van der Waals surface area contributed by atoms with Crippen molar-refractivity contribution in [2.45, 2.75) is 65.5 Å². The number of anilines is 2. The molecule has 0 amide bonds. The van der Waals surface area contributed by atoms with E-state index in [-0.39, 0.29) is 17.0 Å². The fraction of sp³-hybridized carbons (Fsp3) is 0.379. The summed E-state index contributed by atoms with van der Waals surface area (Å²) in [5.41, 5.74) is 6.98. The van der Waals surface area contributed by atoms with Crippen molar-refractivity contribution < 1.29 is 0 Å². The van der Waals surface area contributed by atoms with Gasteiger partial charge in [-0.1, -0.05) is 26.8 Å². The van der Waals surface area contributed by atoms with Gasteiger partial charge in [0.25, 0.3) is 5.56 Å². The molecule has 0 radical (unpaired) electrons. The van der Waals surface area contributed by atoms with E-state index in [1.807, 2.05) is 36.7 Å². The lowest BCUT2D eigenvalue weighted by Gasteiger charge is -2.22. The molecule has 0 spiro atoms. The minimum absolute atomic E-state index is 0.0694. The molecule has 0 bridgehead atoms. The molecule has 5 rings (SSSR count). The first-order valence-corrected chi connectivity index (χ1v) is 12.9. The van der Waals surface area contributed by atoms with Crippen molar-refractivity contribution >= 4 is 22.7 Å². The average molecular weight is 498 g/mol. The SMILES string of the molecule is C=CCc1cc(Nc2ncc3c(=O)n(C(C)C)n(-c4ccnc(C(C)(C)C)c4)c3n2)cc2c1CNCC2. The highest BCUT2D eigenvalue weighted by Crippen LogP contribution is 2.28. The molecule has 0 saturated heterocycles. The highest BCUT2D eigenvalue weighted by molar-refractivity contribution is 5.77. The third-order valence-electron chi connectivity index (χ3n) is 6.80. The van der Waals surface area contributed by atoms with E-state index in [0.717, 1.165) is 43.0 Å². The van der Waals surface area contributed by atoms with E-state index in [4.69, 9.17) is 4.98 Å². The molecule has 3 aromatic heterocycles. The van der Waals surface area contributed by atoms with E-state index < -0.39 is 0 Å². The molecule has 4 heterocycles. The minimum atomic E-state index is -0.130. The van der Waals surface area contributed by atoms with Crippen LogP contribution >= 0.6 is 0 Å². The summed E-state index contributed by atoms with van der Waals surface area (Å²) in [6, 6.07) is 8.21. The van der Waals surface area contributed by atoms with Crippen LogP contribution in [0.2, 0.25) is 0 Å². The van der Waals surface area contributed by atoms with Gasteiger partial charge in [0.15, 0.2) is 5.65 Å². The molecule has 37 heavy (non-hydrogen) atoms. The molecule has 0 fully saturated rings. The Kier molecular flexibility index (Phi) is 6.45. The first kappa shape index (κ1) is 24.9. The van der Waals surface area contributed by atoms with Crippen molar-refractivity contribution in [3.05, 3.63) is 82.1 Å². The Morgan fingerprint density at radius 1 is 1.22 bits per heavy atom. The molecule has 192 valence electrons. The lowest BCUT2D eigenvalue weighted by atomic mass is 9.91. The smallest absolute Gasteiger partial charge is 0.278 e. The summed E-state index contributed by atoms with van der Waals surface area (Å²) in [7, 11) is 0. The normalized spacial score (nSPS) is 13.7. The second-order valence-electron chi connectivity index (χ2n) is 11.0. The van der Waals surface area contributed by atoms with E-state index in [1.54, 1.807) is 17.1 Å². The number of fused-ring (bicyclic) bond motifs is 2. The number of benzene rings is 1. The zero-order valence-electron chi connectivity index (χ0n) is 22.3. The van der Waals surface area contributed by atoms with Gasteiger partial charge in [-0.15, -0.1) is 6.58 Å². The van der Waals surface area contributed by atoms with Gasteiger partial charge in [-0.25, -0.2) is 14.3 Å². The summed E-state index contributed by atoms with van der Waals surface area (Å²) in [5.74, 6) is 0.450. The number of nitrogens with one attached hydrogen (secondary N) is 2. The van der Waals surface area contributed by atoms with Crippen LogP contribution in [-0.4, -0.2) is 30.9 Å². The van der Waals surface area contributed by atoms with Gasteiger partial charge in [0, 0.05) is 41.8 Å². The zero-order valence-corrected chi connectivity index (χ0v) is 22.3. The number of hydrogen-bond acceptors (Lipinski definition) is 6. The summed E-state index contributed by atoms with van der Waals surface area (Å²) < 4.78 is 3.63. The second kappa shape index (κ2) is 9.59. The molecule has 0 saturated carbocycles. The summed E-state index contributed by atoms with van der Waals surface area (Å²) >= 11 is 0. The lowest BCUT2D eigenvalue weighted by molar-refractivity contribution is 0.474. The van der Waals surface area contributed by atoms with Crippen LogP contribution < -0.4 is 16.2 Å². The molecule has 1 aliphatic rings. The predicted octanol–water partition coefficient (Wildman–Crippen LogP) is 4.97. The number of aromatic nitrogens is 5. The van der Waals surface area contributed by atoms with Gasteiger partial charge in [0.1, 0.15) is 5.39 Å². The summed E-state index contributed by atoms with van der Waals surface area (Å²) in [4.78, 5) is 27.4. The molecule has 2 N–H and O–H groups in total. The fourth-order valence-electron chi connectivity index (χ4n) is 4.96. The molecule has 0 unspecified atom stereocenters. The minimum Gasteiger partial charge on any atom is -0.324 e. The number of hydrogen-bond donors (Lipinski definition) is 2. The first-order chi connectivity index (χ1) is 17.7. The van der Waals surface area contributed by atoms with Crippen LogP contribution in [0.25, 0.3) is 16.7 Å².